The van der Waals surface area contributed by atoms with Gasteiger partial charge in [-0.1, -0.05) is 6.58 Å². The molecule has 0 aliphatic heterocycles. The maximum absolute atomic E-state index is 7.79. The van der Waals surface area contributed by atoms with Gasteiger partial charge in [0.2, 0.25) is 0 Å². The number of rotatable bonds is 0. The standard InChI is InChI=1S/C4H5N.C2H6S/c1-4(2)3-5;1-3-2/h1H2,2H3;1-2H3. The van der Waals surface area contributed by atoms with Crippen LogP contribution in [0.5, 0.6) is 0 Å². The molecule has 0 bridgehead atoms. The molecule has 0 aromatic rings. The lowest BCUT2D eigenvalue weighted by Gasteiger charge is -1.61. The second kappa shape index (κ2) is 9.77. The van der Waals surface area contributed by atoms with Crippen molar-refractivity contribution in [1.82, 2.24) is 0 Å². The van der Waals surface area contributed by atoms with Gasteiger partial charge in [0.25, 0.3) is 0 Å². The van der Waals surface area contributed by atoms with Crippen LogP contribution >= 0.6 is 11.8 Å². The van der Waals surface area contributed by atoms with E-state index in [-0.39, 0.29) is 0 Å². The maximum atomic E-state index is 7.79. The van der Waals surface area contributed by atoms with E-state index in [0.29, 0.717) is 5.57 Å². The molecule has 1 nitrogen and oxygen atoms in total. The average molecular weight is 129 g/mol. The molecule has 0 radical (unpaired) electrons. The Kier molecular flexibility index (Phi) is 12.9. The third kappa shape index (κ3) is 46.9. The topological polar surface area (TPSA) is 23.8 Å². The fourth-order valence-corrected chi connectivity index (χ4v) is 0. The van der Waals surface area contributed by atoms with Crippen LogP contribution in [0, 0.1) is 11.3 Å². The van der Waals surface area contributed by atoms with Crippen LogP contribution in [-0.2, 0) is 0 Å². The Labute approximate surface area is 55.4 Å². The molecule has 0 heterocycles. The van der Waals surface area contributed by atoms with Gasteiger partial charge in [-0.3, -0.25) is 0 Å². The van der Waals surface area contributed by atoms with Crippen LogP contribution < -0.4 is 0 Å². The van der Waals surface area contributed by atoms with Gasteiger partial charge in [0.15, 0.2) is 0 Å². The number of thioether (sulfide) groups is 1. The highest BCUT2D eigenvalue weighted by Gasteiger charge is 1.64. The molecule has 8 heavy (non-hydrogen) atoms. The summed E-state index contributed by atoms with van der Waals surface area (Å²) < 4.78 is 0. The van der Waals surface area contributed by atoms with E-state index in [0.717, 1.165) is 0 Å². The lowest BCUT2D eigenvalue weighted by Crippen LogP contribution is -1.51. The molecule has 0 saturated carbocycles. The Balaban J connectivity index is 0. The zero-order valence-electron chi connectivity index (χ0n) is 5.56. The van der Waals surface area contributed by atoms with Crippen LogP contribution in [0.1, 0.15) is 6.92 Å². The molecule has 0 spiro atoms. The van der Waals surface area contributed by atoms with Gasteiger partial charge in [0.1, 0.15) is 0 Å². The summed E-state index contributed by atoms with van der Waals surface area (Å²) in [7, 11) is 0. The fraction of sp³-hybridized carbons (Fsp3) is 0.500. The molecule has 0 amide bonds. The molecule has 0 N–H and O–H groups in total. The Bertz CT molecular complexity index is 91.2. The molecular weight excluding hydrogens is 118 g/mol. The summed E-state index contributed by atoms with van der Waals surface area (Å²) in [6.07, 6.45) is 4.08. The molecule has 0 unspecified atom stereocenters. The number of nitrogens with zero attached hydrogens (tertiary/aromatic N) is 1. The second-order valence-corrected chi connectivity index (χ2v) is 2.12. The third-order valence-electron chi connectivity index (χ3n) is 0.191. The zero-order chi connectivity index (χ0) is 6.99. The monoisotopic (exact) mass is 129 g/mol. The molecule has 2 heteroatoms. The molecule has 0 aromatic carbocycles. The molecular formula is C6H11NS. The first-order chi connectivity index (χ1) is 3.68. The lowest BCUT2D eigenvalue weighted by atomic mass is 10.4. The van der Waals surface area contributed by atoms with Crippen molar-refractivity contribution in [2.24, 2.45) is 0 Å². The van der Waals surface area contributed by atoms with Crippen LogP contribution in [0.4, 0.5) is 0 Å². The summed E-state index contributed by atoms with van der Waals surface area (Å²) in [5, 5.41) is 7.79. The number of nitriles is 1. The summed E-state index contributed by atoms with van der Waals surface area (Å²) in [4.78, 5) is 0. The Morgan fingerprint density at radius 3 is 1.75 bits per heavy atom. The van der Waals surface area contributed by atoms with E-state index in [4.69, 9.17) is 5.26 Å². The van der Waals surface area contributed by atoms with Crippen molar-refractivity contribution in [3.8, 4) is 6.07 Å². The fourth-order valence-electron chi connectivity index (χ4n) is 0. The minimum absolute atomic E-state index is 0.560. The highest BCUT2D eigenvalue weighted by molar-refractivity contribution is 7.97. The van der Waals surface area contributed by atoms with Crippen molar-refractivity contribution >= 4 is 11.8 Å². The minimum Gasteiger partial charge on any atom is -0.193 e. The molecule has 0 aromatic heterocycles. The van der Waals surface area contributed by atoms with Gasteiger partial charge in [-0.15, -0.1) is 0 Å². The van der Waals surface area contributed by atoms with Crippen molar-refractivity contribution < 1.29 is 0 Å². The number of hydrogen-bond acceptors (Lipinski definition) is 2. The molecule has 0 atom stereocenters. The normalized spacial score (nSPS) is 5.75. The maximum Gasteiger partial charge on any atom is 0.0937 e. The summed E-state index contributed by atoms with van der Waals surface area (Å²) in [5.74, 6) is 0. The quantitative estimate of drug-likeness (QED) is 0.467. The van der Waals surface area contributed by atoms with Crippen molar-refractivity contribution in [1.29, 1.82) is 5.26 Å². The van der Waals surface area contributed by atoms with Crippen molar-refractivity contribution in [2.45, 2.75) is 6.92 Å². The molecule has 0 aliphatic carbocycles. The van der Waals surface area contributed by atoms with E-state index in [1.807, 2.05) is 18.6 Å². The van der Waals surface area contributed by atoms with Gasteiger partial charge in [-0.05, 0) is 19.4 Å². The van der Waals surface area contributed by atoms with E-state index in [2.05, 4.69) is 6.58 Å². The zero-order valence-corrected chi connectivity index (χ0v) is 6.38. The summed E-state index contributed by atoms with van der Waals surface area (Å²) in [6, 6.07) is 1.83. The molecule has 0 fully saturated rings. The smallest absolute Gasteiger partial charge is 0.0937 e. The van der Waals surface area contributed by atoms with Gasteiger partial charge in [-0.25, -0.2) is 0 Å². The van der Waals surface area contributed by atoms with Gasteiger partial charge in [0.05, 0.1) is 6.07 Å². The van der Waals surface area contributed by atoms with Crippen LogP contribution in [0.2, 0.25) is 0 Å². The number of allylic oxidation sites excluding steroid dienone is 1. The molecule has 0 rings (SSSR count). The molecule has 0 aliphatic rings. The summed E-state index contributed by atoms with van der Waals surface area (Å²) in [5.41, 5.74) is 0.560. The average Bonchev–Trinajstić information content (AvgIpc) is 1.69. The van der Waals surface area contributed by atoms with Gasteiger partial charge < -0.3 is 0 Å². The minimum atomic E-state index is 0.560. The van der Waals surface area contributed by atoms with Crippen LogP contribution in [0.15, 0.2) is 12.2 Å². The van der Waals surface area contributed by atoms with Crippen LogP contribution in [0.3, 0.4) is 0 Å². The van der Waals surface area contributed by atoms with E-state index in [1.165, 1.54) is 0 Å². The van der Waals surface area contributed by atoms with Gasteiger partial charge in [0, 0.05) is 5.57 Å². The van der Waals surface area contributed by atoms with Gasteiger partial charge in [-0.2, -0.15) is 17.0 Å². The molecule has 46 valence electrons. The van der Waals surface area contributed by atoms with Gasteiger partial charge >= 0.3 is 0 Å². The second-order valence-electron chi connectivity index (χ2n) is 1.30. The predicted octanol–water partition coefficient (Wildman–Crippen LogP) is 2.07. The third-order valence-corrected chi connectivity index (χ3v) is 0.191. The van der Waals surface area contributed by atoms with Crippen molar-refractivity contribution in [2.75, 3.05) is 12.5 Å². The molecule has 0 saturated heterocycles. The van der Waals surface area contributed by atoms with E-state index < -0.39 is 0 Å². The van der Waals surface area contributed by atoms with E-state index in [1.54, 1.807) is 18.7 Å². The first-order valence-electron chi connectivity index (χ1n) is 2.14. The van der Waals surface area contributed by atoms with Crippen LogP contribution in [0.25, 0.3) is 0 Å². The van der Waals surface area contributed by atoms with E-state index in [9.17, 15) is 0 Å². The predicted molar refractivity (Wildman–Crippen MR) is 39.9 cm³/mol. The Hall–Kier alpha value is -0.420. The number of hydrogen-bond donors (Lipinski definition) is 0. The van der Waals surface area contributed by atoms with E-state index >= 15 is 0 Å². The van der Waals surface area contributed by atoms with Crippen molar-refractivity contribution in [3.63, 3.8) is 0 Å². The first kappa shape index (κ1) is 10.5. The lowest BCUT2D eigenvalue weighted by molar-refractivity contribution is 1.46. The Morgan fingerprint density at radius 2 is 1.75 bits per heavy atom. The SMILES string of the molecule is C=C(C)C#N.CSC. The van der Waals surface area contributed by atoms with Crippen LogP contribution in [-0.4, -0.2) is 12.5 Å². The summed E-state index contributed by atoms with van der Waals surface area (Å²) >= 11 is 1.75. The first-order valence-corrected chi connectivity index (χ1v) is 3.78. The Morgan fingerprint density at radius 1 is 1.62 bits per heavy atom. The van der Waals surface area contributed by atoms with Crippen molar-refractivity contribution in [3.05, 3.63) is 12.2 Å². The highest BCUT2D eigenvalue weighted by atomic mass is 32.2. The highest BCUT2D eigenvalue weighted by Crippen LogP contribution is 1.74. The summed E-state index contributed by atoms with van der Waals surface area (Å²) in [6.45, 7) is 4.98. The largest absolute Gasteiger partial charge is 0.193 e.